The average Bonchev–Trinajstić information content (AvgIpc) is 3.40. The van der Waals surface area contributed by atoms with Gasteiger partial charge in [-0.2, -0.15) is 0 Å². The highest BCUT2D eigenvalue weighted by Gasteiger charge is 2.23. The second kappa shape index (κ2) is 11.3. The maximum Gasteiger partial charge on any atom is 0.233 e. The summed E-state index contributed by atoms with van der Waals surface area (Å²) in [6.07, 6.45) is 3.45. The highest BCUT2D eigenvalue weighted by molar-refractivity contribution is 7.99. The summed E-state index contributed by atoms with van der Waals surface area (Å²) in [5, 5.41) is 9.53. The van der Waals surface area contributed by atoms with Gasteiger partial charge in [0, 0.05) is 55.5 Å². The number of rotatable bonds is 8. The summed E-state index contributed by atoms with van der Waals surface area (Å²) >= 11 is 1.39. The number of pyridine rings is 1. The normalized spacial score (nSPS) is 13.5. The van der Waals surface area contributed by atoms with Gasteiger partial charge in [0.2, 0.25) is 5.91 Å². The van der Waals surface area contributed by atoms with Crippen LogP contribution in [-0.2, 0) is 4.79 Å². The zero-order chi connectivity index (χ0) is 25.6. The Kier molecular flexibility index (Phi) is 7.55. The van der Waals surface area contributed by atoms with Crippen LogP contribution in [0, 0.1) is 0 Å². The summed E-state index contributed by atoms with van der Waals surface area (Å²) in [6.45, 7) is 2.94. The molecule has 1 aliphatic heterocycles. The number of benzene rings is 2. The molecule has 0 saturated carbocycles. The second-order valence-corrected chi connectivity index (χ2v) is 9.37. The monoisotopic (exact) mass is 516 g/mol. The molecule has 3 heterocycles. The number of carbonyl (C=O) groups is 1. The summed E-state index contributed by atoms with van der Waals surface area (Å²) < 4.78 is 12.5. The van der Waals surface area contributed by atoms with Crippen molar-refractivity contribution in [3.8, 4) is 28.6 Å². The molecule has 0 unspecified atom stereocenters. The van der Waals surface area contributed by atoms with Crippen LogP contribution in [0.15, 0.2) is 78.2 Å². The van der Waals surface area contributed by atoms with Crippen molar-refractivity contribution in [3.63, 3.8) is 0 Å². The van der Waals surface area contributed by atoms with Gasteiger partial charge in [-0.1, -0.05) is 11.8 Å². The van der Waals surface area contributed by atoms with Crippen molar-refractivity contribution in [2.24, 2.45) is 0 Å². The van der Waals surface area contributed by atoms with Crippen molar-refractivity contribution >= 4 is 23.4 Å². The van der Waals surface area contributed by atoms with Gasteiger partial charge in [0.15, 0.2) is 11.0 Å². The Balaban J connectivity index is 1.27. The van der Waals surface area contributed by atoms with Crippen molar-refractivity contribution in [1.29, 1.82) is 0 Å². The van der Waals surface area contributed by atoms with E-state index in [0.29, 0.717) is 24.1 Å². The number of thioether (sulfide) groups is 1. The Morgan fingerprint density at radius 2 is 1.41 bits per heavy atom. The van der Waals surface area contributed by atoms with E-state index in [-0.39, 0.29) is 11.7 Å². The van der Waals surface area contributed by atoms with Gasteiger partial charge in [0.1, 0.15) is 11.5 Å². The molecule has 9 nitrogen and oxygen atoms in total. The van der Waals surface area contributed by atoms with Gasteiger partial charge in [0.05, 0.1) is 20.0 Å². The molecule has 0 N–H and O–H groups in total. The summed E-state index contributed by atoms with van der Waals surface area (Å²) in [7, 11) is 3.30. The van der Waals surface area contributed by atoms with E-state index >= 15 is 0 Å². The van der Waals surface area contributed by atoms with Crippen LogP contribution < -0.4 is 14.4 Å². The van der Waals surface area contributed by atoms with Crippen LogP contribution in [0.3, 0.4) is 0 Å². The molecule has 1 amide bonds. The number of piperazine rings is 1. The molecular weight excluding hydrogens is 488 g/mol. The molecule has 0 spiro atoms. The predicted octanol–water partition coefficient (Wildman–Crippen LogP) is 3.79. The highest BCUT2D eigenvalue weighted by atomic mass is 32.2. The fourth-order valence-corrected chi connectivity index (χ4v) is 5.09. The molecule has 0 bridgehead atoms. The molecule has 1 saturated heterocycles. The Morgan fingerprint density at radius 3 is 2.00 bits per heavy atom. The number of hydrogen-bond acceptors (Lipinski definition) is 8. The number of amides is 1. The van der Waals surface area contributed by atoms with Crippen molar-refractivity contribution in [1.82, 2.24) is 24.6 Å². The van der Waals surface area contributed by atoms with E-state index in [1.165, 1.54) is 11.8 Å². The third-order valence-corrected chi connectivity index (χ3v) is 7.21. The number of ether oxygens (including phenoxy) is 2. The minimum atomic E-state index is 0.0918. The van der Waals surface area contributed by atoms with Crippen molar-refractivity contribution < 1.29 is 14.3 Å². The lowest BCUT2D eigenvalue weighted by Crippen LogP contribution is -2.49. The molecule has 2 aromatic heterocycles. The third kappa shape index (κ3) is 5.54. The first-order valence-electron chi connectivity index (χ1n) is 12.0. The smallest absolute Gasteiger partial charge is 0.233 e. The topological polar surface area (TPSA) is 85.6 Å². The van der Waals surface area contributed by atoms with Crippen LogP contribution in [0.4, 0.5) is 5.69 Å². The zero-order valence-electron chi connectivity index (χ0n) is 20.8. The van der Waals surface area contributed by atoms with Crippen LogP contribution in [0.5, 0.6) is 11.5 Å². The van der Waals surface area contributed by atoms with Gasteiger partial charge in [0.25, 0.3) is 0 Å². The van der Waals surface area contributed by atoms with Gasteiger partial charge >= 0.3 is 0 Å². The largest absolute Gasteiger partial charge is 0.497 e. The lowest BCUT2D eigenvalue weighted by atomic mass is 10.2. The summed E-state index contributed by atoms with van der Waals surface area (Å²) in [4.78, 5) is 21.4. The first-order chi connectivity index (χ1) is 18.2. The lowest BCUT2D eigenvalue weighted by Gasteiger charge is -2.36. The van der Waals surface area contributed by atoms with Crippen molar-refractivity contribution in [2.45, 2.75) is 5.16 Å². The molecule has 1 fully saturated rings. The molecule has 5 rings (SSSR count). The quantitative estimate of drug-likeness (QED) is 0.327. The number of methoxy groups -OCH3 is 2. The molecule has 37 heavy (non-hydrogen) atoms. The minimum absolute atomic E-state index is 0.0918. The first kappa shape index (κ1) is 24.6. The van der Waals surface area contributed by atoms with E-state index in [0.717, 1.165) is 41.5 Å². The maximum absolute atomic E-state index is 13.1. The summed E-state index contributed by atoms with van der Waals surface area (Å²) in [6, 6.07) is 19.5. The number of anilines is 1. The Bertz CT molecular complexity index is 1320. The lowest BCUT2D eigenvalue weighted by molar-refractivity contribution is -0.128. The molecule has 1 aliphatic rings. The van der Waals surface area contributed by atoms with E-state index in [1.54, 1.807) is 26.6 Å². The molecular formula is C27H28N6O3S. The maximum atomic E-state index is 13.1. The average molecular weight is 517 g/mol. The SMILES string of the molecule is COc1ccc(N2CCN(C(=O)CSc3nnc(-c4ccncc4)n3-c3ccc(OC)cc3)CC2)cc1. The first-order valence-corrected chi connectivity index (χ1v) is 12.9. The van der Waals surface area contributed by atoms with E-state index in [1.807, 2.05) is 58.0 Å². The second-order valence-electron chi connectivity index (χ2n) is 8.43. The molecule has 0 aliphatic carbocycles. The van der Waals surface area contributed by atoms with Gasteiger partial charge in [-0.3, -0.25) is 14.3 Å². The third-order valence-electron chi connectivity index (χ3n) is 6.30. The number of nitrogens with zero attached hydrogens (tertiary/aromatic N) is 6. The number of aromatic nitrogens is 4. The Labute approximate surface area is 220 Å². The molecule has 0 atom stereocenters. The molecule has 4 aromatic rings. The Hall–Kier alpha value is -4.05. The summed E-state index contributed by atoms with van der Waals surface area (Å²) in [5.41, 5.74) is 2.92. The van der Waals surface area contributed by atoms with Crippen LogP contribution >= 0.6 is 11.8 Å². The van der Waals surface area contributed by atoms with Crippen molar-refractivity contribution in [2.75, 3.05) is 51.1 Å². The van der Waals surface area contributed by atoms with Crippen molar-refractivity contribution in [3.05, 3.63) is 73.1 Å². The van der Waals surface area contributed by atoms with E-state index in [4.69, 9.17) is 9.47 Å². The van der Waals surface area contributed by atoms with E-state index in [2.05, 4.69) is 32.2 Å². The van der Waals surface area contributed by atoms with Crippen LogP contribution in [0.25, 0.3) is 17.1 Å². The Morgan fingerprint density at radius 1 is 0.811 bits per heavy atom. The van der Waals surface area contributed by atoms with Gasteiger partial charge in [-0.25, -0.2) is 0 Å². The van der Waals surface area contributed by atoms with Gasteiger partial charge in [-0.15, -0.1) is 10.2 Å². The van der Waals surface area contributed by atoms with E-state index in [9.17, 15) is 4.79 Å². The number of hydrogen-bond donors (Lipinski definition) is 0. The van der Waals surface area contributed by atoms with Crippen LogP contribution in [0.2, 0.25) is 0 Å². The van der Waals surface area contributed by atoms with E-state index < -0.39 is 0 Å². The fraction of sp³-hybridized carbons (Fsp3) is 0.259. The standard InChI is InChI=1S/C27H28N6O3S/c1-35-23-7-3-21(4-8-23)31-15-17-32(18-16-31)25(34)19-37-27-30-29-26(20-11-13-28-14-12-20)33(27)22-5-9-24(36-2)10-6-22/h3-14H,15-19H2,1-2H3. The fourth-order valence-electron chi connectivity index (χ4n) is 4.24. The van der Waals surface area contributed by atoms with Crippen LogP contribution in [0.1, 0.15) is 0 Å². The molecule has 0 radical (unpaired) electrons. The molecule has 10 heteroatoms. The number of carbonyl (C=O) groups excluding carboxylic acids is 1. The van der Waals surface area contributed by atoms with Gasteiger partial charge in [-0.05, 0) is 60.7 Å². The summed E-state index contributed by atoms with van der Waals surface area (Å²) in [5.74, 6) is 2.67. The van der Waals surface area contributed by atoms with Gasteiger partial charge < -0.3 is 19.3 Å². The predicted molar refractivity (Wildman–Crippen MR) is 144 cm³/mol. The minimum Gasteiger partial charge on any atom is -0.497 e. The molecule has 2 aromatic carbocycles. The van der Waals surface area contributed by atoms with Crippen LogP contribution in [-0.4, -0.2) is 76.7 Å². The zero-order valence-corrected chi connectivity index (χ0v) is 21.6. The molecule has 190 valence electrons. The highest BCUT2D eigenvalue weighted by Crippen LogP contribution is 2.29.